The van der Waals surface area contributed by atoms with Crippen LogP contribution < -0.4 is 5.32 Å². The molecule has 7 heteroatoms. The van der Waals surface area contributed by atoms with E-state index in [4.69, 9.17) is 4.74 Å². The van der Waals surface area contributed by atoms with Gasteiger partial charge in [-0.15, -0.1) is 11.3 Å². The third-order valence-corrected chi connectivity index (χ3v) is 7.33. The van der Waals surface area contributed by atoms with E-state index < -0.39 is 11.3 Å². The number of hydrogen-bond acceptors (Lipinski definition) is 5. The number of amides is 2. The number of hydrogen-bond donors (Lipinski definition) is 1. The molecule has 2 heterocycles. The molecule has 6 nitrogen and oxygen atoms in total. The van der Waals surface area contributed by atoms with Crippen molar-refractivity contribution in [1.82, 2.24) is 10.2 Å². The Bertz CT molecular complexity index is 1020. The van der Waals surface area contributed by atoms with Gasteiger partial charge in [-0.05, 0) is 49.6 Å². The van der Waals surface area contributed by atoms with Crippen LogP contribution in [0.2, 0.25) is 0 Å². The van der Waals surface area contributed by atoms with Crippen molar-refractivity contribution in [1.29, 1.82) is 0 Å². The molecule has 1 N–H and O–H groups in total. The van der Waals surface area contributed by atoms with Crippen LogP contribution in [-0.2, 0) is 32.2 Å². The summed E-state index contributed by atoms with van der Waals surface area (Å²) in [6, 6.07) is 13.7. The number of thiophene rings is 1. The third kappa shape index (κ3) is 5.03. The van der Waals surface area contributed by atoms with Gasteiger partial charge < -0.3 is 15.0 Å². The van der Waals surface area contributed by atoms with Gasteiger partial charge in [0, 0.05) is 22.9 Å². The Morgan fingerprint density at radius 2 is 2.03 bits per heavy atom. The quantitative estimate of drug-likeness (QED) is 0.585. The zero-order valence-corrected chi connectivity index (χ0v) is 19.7. The Balaban J connectivity index is 1.60. The van der Waals surface area contributed by atoms with Gasteiger partial charge in [0.15, 0.2) is 0 Å². The largest absolute Gasteiger partial charge is 0.465 e. The highest BCUT2D eigenvalue weighted by Gasteiger charge is 2.54. The number of ether oxygens (including phenoxy) is 1. The van der Waals surface area contributed by atoms with Crippen LogP contribution in [0.4, 0.5) is 0 Å². The Morgan fingerprint density at radius 1 is 1.21 bits per heavy atom. The summed E-state index contributed by atoms with van der Waals surface area (Å²) < 4.78 is 5.51. The van der Waals surface area contributed by atoms with Crippen LogP contribution >= 0.6 is 11.3 Å². The topological polar surface area (TPSA) is 75.7 Å². The minimum absolute atomic E-state index is 0.0595. The molecule has 0 bridgehead atoms. The summed E-state index contributed by atoms with van der Waals surface area (Å²) >= 11 is 1.58. The van der Waals surface area contributed by atoms with Gasteiger partial charge in [0.2, 0.25) is 11.8 Å². The van der Waals surface area contributed by atoms with E-state index in [9.17, 15) is 14.4 Å². The molecule has 0 radical (unpaired) electrons. The minimum Gasteiger partial charge on any atom is -0.465 e. The van der Waals surface area contributed by atoms with Crippen LogP contribution in [0, 0.1) is 11.3 Å². The van der Waals surface area contributed by atoms with Crippen LogP contribution in [0.3, 0.4) is 0 Å². The zero-order valence-electron chi connectivity index (χ0n) is 18.9. The van der Waals surface area contributed by atoms with Crippen molar-refractivity contribution in [3.8, 4) is 0 Å². The van der Waals surface area contributed by atoms with Crippen molar-refractivity contribution in [3.63, 3.8) is 0 Å². The van der Waals surface area contributed by atoms with Crippen LogP contribution in [0.1, 0.15) is 49.5 Å². The minimum atomic E-state index is -0.879. The van der Waals surface area contributed by atoms with Gasteiger partial charge in [-0.25, -0.2) is 0 Å². The lowest BCUT2D eigenvalue weighted by Gasteiger charge is -2.48. The second-order valence-corrected chi connectivity index (χ2v) is 9.69. The molecule has 2 amide bonds. The molecular formula is C26H30N2O4S. The van der Waals surface area contributed by atoms with Crippen molar-refractivity contribution in [2.45, 2.75) is 52.1 Å². The molecule has 1 aliphatic carbocycles. The zero-order chi connectivity index (χ0) is 23.3. The molecule has 1 saturated heterocycles. The highest BCUT2D eigenvalue weighted by molar-refractivity contribution is 7.09. The van der Waals surface area contributed by atoms with E-state index in [0.717, 1.165) is 29.0 Å². The maximum absolute atomic E-state index is 13.6. The van der Waals surface area contributed by atoms with E-state index in [1.165, 1.54) is 0 Å². The van der Waals surface area contributed by atoms with E-state index in [0.29, 0.717) is 25.9 Å². The van der Waals surface area contributed by atoms with Gasteiger partial charge in [0.1, 0.15) is 5.41 Å². The predicted octanol–water partition coefficient (Wildman–Crippen LogP) is 4.42. The molecule has 2 atom stereocenters. The van der Waals surface area contributed by atoms with Crippen LogP contribution in [0.15, 0.2) is 59.6 Å². The molecule has 0 unspecified atom stereocenters. The number of fused-ring (bicyclic) bond motifs is 1. The van der Waals surface area contributed by atoms with Gasteiger partial charge in [-0.2, -0.15) is 0 Å². The molecule has 33 heavy (non-hydrogen) atoms. The molecule has 0 saturated carbocycles. The average Bonchev–Trinajstić information content (AvgIpc) is 3.35. The van der Waals surface area contributed by atoms with E-state index in [2.05, 4.69) is 5.32 Å². The van der Waals surface area contributed by atoms with Crippen molar-refractivity contribution in [2.75, 3.05) is 6.61 Å². The fraction of sp³-hybridized carbons (Fsp3) is 0.423. The van der Waals surface area contributed by atoms with E-state index in [-0.39, 0.29) is 30.8 Å². The summed E-state index contributed by atoms with van der Waals surface area (Å²) in [5.74, 6) is -1.14. The van der Waals surface area contributed by atoms with E-state index in [1.807, 2.05) is 53.9 Å². The number of carbonyl (C=O) groups excluding carboxylic acids is 3. The lowest BCUT2D eigenvalue weighted by atomic mass is 9.66. The number of nitrogens with one attached hydrogen (secondary N) is 1. The monoisotopic (exact) mass is 466 g/mol. The first-order valence-electron chi connectivity index (χ1n) is 11.6. The van der Waals surface area contributed by atoms with Gasteiger partial charge in [0.05, 0.1) is 19.7 Å². The maximum atomic E-state index is 13.6. The summed E-state index contributed by atoms with van der Waals surface area (Å²) in [5, 5.41) is 4.89. The van der Waals surface area contributed by atoms with Gasteiger partial charge >= 0.3 is 5.97 Å². The highest BCUT2D eigenvalue weighted by atomic mass is 32.1. The fourth-order valence-electron chi connectivity index (χ4n) is 4.93. The van der Waals surface area contributed by atoms with Crippen molar-refractivity contribution < 1.29 is 19.1 Å². The average molecular weight is 467 g/mol. The maximum Gasteiger partial charge on any atom is 0.318 e. The normalized spacial score (nSPS) is 22.3. The standard InChI is InChI=1S/C26H30N2O4S/c1-2-32-25(31)26-13-7-6-12-22(26)28(18-19-9-4-3-5-10-19)24(30)20(16-26)15-23(29)27-17-21-11-8-14-33-21/h3-5,8-12,14,20H,2,6-7,13,15-18H2,1H3,(H,27,29)/t20-,26+/m1/s1. The summed E-state index contributed by atoms with van der Waals surface area (Å²) in [4.78, 5) is 42.5. The summed E-state index contributed by atoms with van der Waals surface area (Å²) in [5.41, 5.74) is 0.851. The second-order valence-electron chi connectivity index (χ2n) is 8.66. The van der Waals surface area contributed by atoms with E-state index in [1.54, 1.807) is 23.2 Å². The number of likely N-dealkylation sites (tertiary alicyclic amines) is 1. The number of piperidine rings is 1. The lowest BCUT2D eigenvalue weighted by molar-refractivity contribution is -0.162. The number of rotatable bonds is 8. The first-order chi connectivity index (χ1) is 16.0. The number of nitrogens with zero attached hydrogens (tertiary/aromatic N) is 1. The van der Waals surface area contributed by atoms with E-state index >= 15 is 0 Å². The van der Waals surface area contributed by atoms with Crippen molar-refractivity contribution >= 4 is 29.1 Å². The second kappa shape index (κ2) is 10.3. The third-order valence-electron chi connectivity index (χ3n) is 6.46. The molecule has 4 rings (SSSR count). The molecule has 2 aromatic rings. The SMILES string of the molecule is CCOC(=O)[C@]12CCCC=C1N(Cc1ccccc1)C(=O)[C@H](CC(=O)NCc1cccs1)C2. The Morgan fingerprint density at radius 3 is 2.76 bits per heavy atom. The molecule has 1 aromatic carbocycles. The molecule has 1 aliphatic heterocycles. The summed E-state index contributed by atoms with van der Waals surface area (Å²) in [6.45, 7) is 2.90. The van der Waals surface area contributed by atoms with Crippen LogP contribution in [0.5, 0.6) is 0 Å². The molecule has 1 fully saturated rings. The van der Waals surface area contributed by atoms with Gasteiger partial charge in [-0.1, -0.05) is 42.5 Å². The van der Waals surface area contributed by atoms with Crippen molar-refractivity contribution in [3.05, 3.63) is 70.1 Å². The number of allylic oxidation sites excluding steroid dienone is 1. The van der Waals surface area contributed by atoms with Crippen LogP contribution in [0.25, 0.3) is 0 Å². The predicted molar refractivity (Wildman–Crippen MR) is 127 cm³/mol. The number of benzene rings is 1. The number of esters is 1. The number of carbonyl (C=O) groups is 3. The fourth-order valence-corrected chi connectivity index (χ4v) is 5.58. The Kier molecular flexibility index (Phi) is 7.28. The molecule has 0 spiro atoms. The van der Waals surface area contributed by atoms with Gasteiger partial charge in [0.25, 0.3) is 0 Å². The molecular weight excluding hydrogens is 436 g/mol. The van der Waals surface area contributed by atoms with Crippen LogP contribution in [-0.4, -0.2) is 29.3 Å². The Hall–Kier alpha value is -2.93. The Labute approximate surface area is 198 Å². The summed E-state index contributed by atoms with van der Waals surface area (Å²) in [6.07, 6.45) is 4.70. The van der Waals surface area contributed by atoms with Crippen molar-refractivity contribution in [2.24, 2.45) is 11.3 Å². The highest BCUT2D eigenvalue weighted by Crippen LogP contribution is 2.50. The van der Waals surface area contributed by atoms with Gasteiger partial charge in [-0.3, -0.25) is 14.4 Å². The molecule has 174 valence electrons. The first kappa shape index (κ1) is 23.2. The first-order valence-corrected chi connectivity index (χ1v) is 12.4. The smallest absolute Gasteiger partial charge is 0.318 e. The lowest BCUT2D eigenvalue weighted by Crippen LogP contribution is -2.54. The summed E-state index contributed by atoms with van der Waals surface area (Å²) in [7, 11) is 0. The molecule has 1 aromatic heterocycles. The molecule has 2 aliphatic rings.